The fourth-order valence-electron chi connectivity index (χ4n) is 6.43. The molecule has 2 nitrogen and oxygen atoms in total. The van der Waals surface area contributed by atoms with Crippen molar-refractivity contribution in [1.82, 2.24) is 0 Å². The van der Waals surface area contributed by atoms with E-state index in [-0.39, 0.29) is 43.4 Å². The summed E-state index contributed by atoms with van der Waals surface area (Å²) in [5.41, 5.74) is 1.90. The molecule has 0 amide bonds. The van der Waals surface area contributed by atoms with E-state index in [1.807, 2.05) is 6.07 Å². The van der Waals surface area contributed by atoms with E-state index in [0.717, 1.165) is 31.2 Å². The van der Waals surface area contributed by atoms with E-state index in [2.05, 4.69) is 16.4 Å². The van der Waals surface area contributed by atoms with E-state index in [9.17, 15) is 30.7 Å². The summed E-state index contributed by atoms with van der Waals surface area (Å²) in [5, 5.41) is 0. The second-order valence-electron chi connectivity index (χ2n) is 11.9. The highest BCUT2D eigenvalue weighted by Crippen LogP contribution is 2.45. The first-order valence-corrected chi connectivity index (χ1v) is 14.6. The van der Waals surface area contributed by atoms with Crippen LogP contribution in [0.4, 0.5) is 39.5 Å². The summed E-state index contributed by atoms with van der Waals surface area (Å²) in [6.45, 7) is 2.21. The molecular formula is C33H31F9O2. The van der Waals surface area contributed by atoms with Crippen LogP contribution in [0.3, 0.4) is 0 Å². The van der Waals surface area contributed by atoms with Crippen LogP contribution in [0.5, 0.6) is 11.5 Å². The van der Waals surface area contributed by atoms with Crippen molar-refractivity contribution in [2.75, 3.05) is 0 Å². The maximum Gasteiger partial charge on any atom is 0.573 e. The largest absolute Gasteiger partial charge is 0.573 e. The smallest absolute Gasteiger partial charge is 0.432 e. The normalized spacial score (nSPS) is 23.0. The summed E-state index contributed by atoms with van der Waals surface area (Å²) < 4.78 is 133. The molecule has 0 saturated heterocycles. The van der Waals surface area contributed by atoms with Crippen molar-refractivity contribution >= 4 is 0 Å². The zero-order valence-electron chi connectivity index (χ0n) is 23.8. The monoisotopic (exact) mass is 630 g/mol. The lowest BCUT2D eigenvalue weighted by Gasteiger charge is -2.33. The summed E-state index contributed by atoms with van der Waals surface area (Å²) in [6, 6.07) is 9.85. The van der Waals surface area contributed by atoms with Gasteiger partial charge in [-0.25, -0.2) is 17.6 Å². The molecule has 0 bridgehead atoms. The summed E-state index contributed by atoms with van der Waals surface area (Å²) in [4.78, 5) is 0. The number of alkyl halides is 5. The SMILES string of the molecule is CC1CCC(c2ccc(-c3ccc(C4CCC(C(F)(F)Oc5cc(F)c(OC(F)(F)F)c(F)c5)CC4)c(F)c3)c(F)c2)CC1. The van der Waals surface area contributed by atoms with E-state index in [0.29, 0.717) is 23.0 Å². The number of halogens is 9. The summed E-state index contributed by atoms with van der Waals surface area (Å²) >= 11 is 0. The number of ether oxygens (including phenoxy) is 2. The molecule has 44 heavy (non-hydrogen) atoms. The van der Waals surface area contributed by atoms with Gasteiger partial charge in [0.05, 0.1) is 5.92 Å². The van der Waals surface area contributed by atoms with Crippen molar-refractivity contribution in [2.45, 2.75) is 82.6 Å². The second-order valence-corrected chi connectivity index (χ2v) is 11.9. The van der Waals surface area contributed by atoms with Crippen LogP contribution in [0.2, 0.25) is 0 Å². The molecule has 3 aromatic rings. The molecule has 2 fully saturated rings. The fraction of sp³-hybridized carbons (Fsp3) is 0.455. The van der Waals surface area contributed by atoms with Gasteiger partial charge in [-0.3, -0.25) is 0 Å². The van der Waals surface area contributed by atoms with E-state index in [1.165, 1.54) is 18.2 Å². The van der Waals surface area contributed by atoms with Gasteiger partial charge in [-0.05, 0) is 85.1 Å². The Labute approximate surface area is 249 Å². The summed E-state index contributed by atoms with van der Waals surface area (Å²) in [6.07, 6.45) is -4.99. The average Bonchev–Trinajstić information content (AvgIpc) is 2.95. The van der Waals surface area contributed by atoms with E-state index in [4.69, 9.17) is 0 Å². The minimum absolute atomic E-state index is 0.116. The molecule has 0 unspecified atom stereocenters. The third-order valence-corrected chi connectivity index (χ3v) is 8.88. The molecule has 3 aromatic carbocycles. The molecule has 238 valence electrons. The zero-order chi connectivity index (χ0) is 31.8. The summed E-state index contributed by atoms with van der Waals surface area (Å²) in [7, 11) is 0. The molecule has 0 aliphatic heterocycles. The topological polar surface area (TPSA) is 18.5 Å². The molecule has 0 atom stereocenters. The molecule has 0 radical (unpaired) electrons. The summed E-state index contributed by atoms with van der Waals surface area (Å²) in [5.74, 6) is -8.32. The molecule has 5 rings (SSSR count). The highest BCUT2D eigenvalue weighted by atomic mass is 19.4. The Morgan fingerprint density at radius 2 is 1.23 bits per heavy atom. The first-order chi connectivity index (χ1) is 20.7. The molecule has 0 aromatic heterocycles. The highest BCUT2D eigenvalue weighted by molar-refractivity contribution is 5.65. The van der Waals surface area contributed by atoms with Gasteiger partial charge in [0.2, 0.25) is 5.75 Å². The van der Waals surface area contributed by atoms with Crippen molar-refractivity contribution in [1.29, 1.82) is 0 Å². The second kappa shape index (κ2) is 12.6. The molecule has 0 spiro atoms. The Hall–Kier alpha value is -3.37. The zero-order valence-corrected chi connectivity index (χ0v) is 23.8. The maximum absolute atomic E-state index is 15.2. The standard InChI is InChI=1S/C33H31F9O2/c1-18-2-4-19(5-3-18)21-8-12-26(27(34)14-21)22-9-13-25(28(35)15-22)20-6-10-23(11-7-20)32(38,39)43-24-16-29(36)31(30(37)17-24)44-33(40,41)42/h8-9,12-20,23H,2-7,10-11H2,1H3. The minimum Gasteiger partial charge on any atom is -0.432 e. The van der Waals surface area contributed by atoms with Gasteiger partial charge in [0, 0.05) is 17.7 Å². The lowest BCUT2D eigenvalue weighted by atomic mass is 9.77. The third kappa shape index (κ3) is 7.29. The first kappa shape index (κ1) is 32.0. The van der Waals surface area contributed by atoms with Crippen LogP contribution in [0.25, 0.3) is 11.1 Å². The van der Waals surface area contributed by atoms with E-state index < -0.39 is 59.1 Å². The van der Waals surface area contributed by atoms with Gasteiger partial charge in [-0.1, -0.05) is 44.0 Å². The Morgan fingerprint density at radius 1 is 0.614 bits per heavy atom. The predicted molar refractivity (Wildman–Crippen MR) is 145 cm³/mol. The predicted octanol–water partition coefficient (Wildman–Crippen LogP) is 11.0. The molecule has 2 aliphatic carbocycles. The Bertz CT molecular complexity index is 1450. The lowest BCUT2D eigenvalue weighted by molar-refractivity contribution is -0.276. The molecule has 2 saturated carbocycles. The lowest BCUT2D eigenvalue weighted by Crippen LogP contribution is -2.37. The van der Waals surface area contributed by atoms with Crippen molar-refractivity contribution < 1.29 is 49.0 Å². The van der Waals surface area contributed by atoms with Crippen LogP contribution in [-0.2, 0) is 0 Å². The van der Waals surface area contributed by atoms with Crippen LogP contribution < -0.4 is 9.47 Å². The van der Waals surface area contributed by atoms with Crippen molar-refractivity contribution in [2.24, 2.45) is 11.8 Å². The van der Waals surface area contributed by atoms with Crippen molar-refractivity contribution in [3.05, 3.63) is 82.9 Å². The van der Waals surface area contributed by atoms with Gasteiger partial charge in [-0.15, -0.1) is 13.2 Å². The van der Waals surface area contributed by atoms with Crippen molar-refractivity contribution in [3.63, 3.8) is 0 Å². The molecule has 0 heterocycles. The average molecular weight is 631 g/mol. The van der Waals surface area contributed by atoms with E-state index >= 15 is 8.78 Å². The van der Waals surface area contributed by atoms with Gasteiger partial charge in [0.25, 0.3) is 0 Å². The highest BCUT2D eigenvalue weighted by Gasteiger charge is 2.45. The maximum atomic E-state index is 15.2. The van der Waals surface area contributed by atoms with Crippen LogP contribution in [0, 0.1) is 35.1 Å². The third-order valence-electron chi connectivity index (χ3n) is 8.88. The number of benzene rings is 3. The minimum atomic E-state index is -5.39. The molecule has 2 aliphatic rings. The van der Waals surface area contributed by atoms with Crippen molar-refractivity contribution in [3.8, 4) is 22.6 Å². The van der Waals surface area contributed by atoms with Crippen LogP contribution in [-0.4, -0.2) is 12.5 Å². The Morgan fingerprint density at radius 3 is 1.80 bits per heavy atom. The number of hydrogen-bond acceptors (Lipinski definition) is 2. The van der Waals surface area contributed by atoms with Crippen LogP contribution in [0.15, 0.2) is 48.5 Å². The first-order valence-electron chi connectivity index (χ1n) is 14.6. The van der Waals surface area contributed by atoms with Gasteiger partial charge >= 0.3 is 12.5 Å². The number of rotatable bonds is 7. The van der Waals surface area contributed by atoms with Gasteiger partial charge < -0.3 is 9.47 Å². The van der Waals surface area contributed by atoms with Crippen LogP contribution >= 0.6 is 0 Å². The van der Waals surface area contributed by atoms with E-state index in [1.54, 1.807) is 12.1 Å². The Balaban J connectivity index is 1.22. The Kier molecular flexibility index (Phi) is 9.14. The van der Waals surface area contributed by atoms with Gasteiger partial charge in [0.15, 0.2) is 11.6 Å². The molecule has 11 heteroatoms. The molecule has 0 N–H and O–H groups in total. The number of hydrogen-bond donors (Lipinski definition) is 0. The van der Waals surface area contributed by atoms with Crippen LogP contribution in [0.1, 0.15) is 81.3 Å². The quantitative estimate of drug-likeness (QED) is 0.242. The fourth-order valence-corrected chi connectivity index (χ4v) is 6.43. The van der Waals surface area contributed by atoms with Gasteiger partial charge in [0.1, 0.15) is 17.4 Å². The molecular weight excluding hydrogens is 599 g/mol. The van der Waals surface area contributed by atoms with Gasteiger partial charge in [-0.2, -0.15) is 8.78 Å².